The van der Waals surface area contributed by atoms with Crippen molar-refractivity contribution in [3.63, 3.8) is 0 Å². The van der Waals surface area contributed by atoms with E-state index in [1.165, 1.54) is 0 Å². The molecule has 0 unspecified atom stereocenters. The summed E-state index contributed by atoms with van der Waals surface area (Å²) in [4.78, 5) is 0.230. The first-order valence-electron chi connectivity index (χ1n) is 6.75. The van der Waals surface area contributed by atoms with Gasteiger partial charge < -0.3 is 15.2 Å². The molecule has 0 saturated heterocycles. The summed E-state index contributed by atoms with van der Waals surface area (Å²) in [6.45, 7) is 2.46. The molecule has 2 aromatic rings. The van der Waals surface area contributed by atoms with E-state index in [-0.39, 0.29) is 11.6 Å². The molecule has 0 saturated carbocycles. The van der Waals surface area contributed by atoms with E-state index in [9.17, 15) is 0 Å². The fraction of sp³-hybridized carbons (Fsp3) is 0.188. The third-order valence-corrected chi connectivity index (χ3v) is 4.24. The molecule has 0 fully saturated rings. The van der Waals surface area contributed by atoms with Crippen molar-refractivity contribution in [1.82, 2.24) is 0 Å². The Morgan fingerprint density at radius 2 is 1.74 bits per heavy atom. The smallest absolute Gasteiger partial charge is 0.180 e. The number of benzene rings is 2. The van der Waals surface area contributed by atoms with Crippen molar-refractivity contribution in [3.8, 4) is 11.5 Å². The molecule has 0 heterocycles. The Kier molecular flexibility index (Phi) is 6.36. The zero-order valence-corrected chi connectivity index (χ0v) is 15.3. The highest BCUT2D eigenvalue weighted by Crippen LogP contribution is 2.38. The van der Waals surface area contributed by atoms with Crippen LogP contribution < -0.4 is 15.2 Å². The Hall–Kier alpha value is -1.20. The molecule has 0 aliphatic rings. The molecular weight excluding hydrogens is 377 g/mol. The molecular formula is C16H14Cl3NO2S. The molecule has 0 bridgehead atoms. The predicted molar refractivity (Wildman–Crippen MR) is 99.3 cm³/mol. The third-order valence-electron chi connectivity index (χ3n) is 3.02. The molecule has 7 heteroatoms. The van der Waals surface area contributed by atoms with Crippen LogP contribution in [0.2, 0.25) is 15.1 Å². The van der Waals surface area contributed by atoms with E-state index in [2.05, 4.69) is 0 Å². The molecule has 3 nitrogen and oxygen atoms in total. The minimum absolute atomic E-state index is 0.157. The first-order valence-corrected chi connectivity index (χ1v) is 8.30. The van der Waals surface area contributed by atoms with Gasteiger partial charge in [0.05, 0.1) is 11.6 Å². The lowest BCUT2D eigenvalue weighted by atomic mass is 10.2. The van der Waals surface area contributed by atoms with Crippen LogP contribution in [0.3, 0.4) is 0 Å². The van der Waals surface area contributed by atoms with E-state index < -0.39 is 0 Å². The second-order valence-electron chi connectivity index (χ2n) is 4.57. The topological polar surface area (TPSA) is 44.5 Å². The SMILES string of the molecule is CCOc1cc(C(N)=S)cc(Cl)c1OCc1c(Cl)cccc1Cl. The zero-order valence-electron chi connectivity index (χ0n) is 12.2. The van der Waals surface area contributed by atoms with Crippen molar-refractivity contribution in [2.45, 2.75) is 13.5 Å². The average Bonchev–Trinajstić information content (AvgIpc) is 2.48. The summed E-state index contributed by atoms with van der Waals surface area (Å²) < 4.78 is 11.4. The quantitative estimate of drug-likeness (QED) is 0.683. The van der Waals surface area contributed by atoms with Gasteiger partial charge in [-0.25, -0.2) is 0 Å². The monoisotopic (exact) mass is 389 g/mol. The van der Waals surface area contributed by atoms with Gasteiger partial charge in [0.25, 0.3) is 0 Å². The lowest BCUT2D eigenvalue weighted by Gasteiger charge is -2.16. The van der Waals surface area contributed by atoms with Crippen molar-refractivity contribution in [3.05, 3.63) is 56.5 Å². The summed E-state index contributed by atoms with van der Waals surface area (Å²) in [6.07, 6.45) is 0. The maximum Gasteiger partial charge on any atom is 0.180 e. The Labute approximate surface area is 155 Å². The van der Waals surface area contributed by atoms with Crippen LogP contribution >= 0.6 is 47.0 Å². The molecule has 0 amide bonds. The molecule has 0 aliphatic carbocycles. The van der Waals surface area contributed by atoms with Gasteiger partial charge in [0.2, 0.25) is 0 Å². The number of rotatable bonds is 6. The number of hydrogen-bond donors (Lipinski definition) is 1. The van der Waals surface area contributed by atoms with Crippen LogP contribution in [0.5, 0.6) is 11.5 Å². The lowest BCUT2D eigenvalue weighted by molar-refractivity contribution is 0.269. The maximum atomic E-state index is 6.27. The van der Waals surface area contributed by atoms with Crippen LogP contribution in [0.4, 0.5) is 0 Å². The van der Waals surface area contributed by atoms with Crippen LogP contribution in [-0.4, -0.2) is 11.6 Å². The Bertz CT molecular complexity index is 717. The van der Waals surface area contributed by atoms with Gasteiger partial charge in [-0.1, -0.05) is 53.1 Å². The molecule has 23 heavy (non-hydrogen) atoms. The van der Waals surface area contributed by atoms with Gasteiger partial charge in [-0.05, 0) is 31.2 Å². The van der Waals surface area contributed by atoms with Gasteiger partial charge in [-0.15, -0.1) is 0 Å². The average molecular weight is 391 g/mol. The summed E-state index contributed by atoms with van der Waals surface area (Å²) >= 11 is 23.5. The van der Waals surface area contributed by atoms with Crippen molar-refractivity contribution in [2.75, 3.05) is 6.61 Å². The Balaban J connectivity index is 2.33. The maximum absolute atomic E-state index is 6.27. The second-order valence-corrected chi connectivity index (χ2v) is 6.23. The van der Waals surface area contributed by atoms with E-state index in [4.69, 9.17) is 62.2 Å². The standard InChI is InChI=1S/C16H14Cl3NO2S/c1-2-21-14-7-9(16(20)23)6-13(19)15(14)22-8-10-11(17)4-3-5-12(10)18/h3-7H,2,8H2,1H3,(H2,20,23). The summed E-state index contributed by atoms with van der Waals surface area (Å²) in [6, 6.07) is 8.58. The van der Waals surface area contributed by atoms with Crippen molar-refractivity contribution in [2.24, 2.45) is 5.73 Å². The van der Waals surface area contributed by atoms with Crippen LogP contribution in [0.25, 0.3) is 0 Å². The van der Waals surface area contributed by atoms with E-state index in [1.807, 2.05) is 6.92 Å². The number of ether oxygens (including phenoxy) is 2. The summed E-state index contributed by atoms with van der Waals surface area (Å²) in [7, 11) is 0. The molecule has 0 spiro atoms. The highest BCUT2D eigenvalue weighted by Gasteiger charge is 2.15. The minimum atomic E-state index is 0.157. The highest BCUT2D eigenvalue weighted by molar-refractivity contribution is 7.80. The normalized spacial score (nSPS) is 10.4. The Morgan fingerprint density at radius 1 is 1.09 bits per heavy atom. The molecule has 2 rings (SSSR count). The summed E-state index contributed by atoms with van der Waals surface area (Å²) in [5.74, 6) is 0.857. The zero-order chi connectivity index (χ0) is 17.0. The fourth-order valence-corrected chi connectivity index (χ4v) is 2.82. The first-order chi connectivity index (χ1) is 10.9. The molecule has 2 aromatic carbocycles. The number of hydrogen-bond acceptors (Lipinski definition) is 3. The molecule has 0 aromatic heterocycles. The van der Waals surface area contributed by atoms with Crippen LogP contribution in [0.1, 0.15) is 18.1 Å². The van der Waals surface area contributed by atoms with Gasteiger partial charge in [-0.2, -0.15) is 0 Å². The van der Waals surface area contributed by atoms with Crippen LogP contribution in [0, 0.1) is 0 Å². The van der Waals surface area contributed by atoms with Crippen molar-refractivity contribution >= 4 is 52.0 Å². The largest absolute Gasteiger partial charge is 0.490 e. The number of thiocarbonyl (C=S) groups is 1. The van der Waals surface area contributed by atoms with Crippen molar-refractivity contribution < 1.29 is 9.47 Å². The van der Waals surface area contributed by atoms with E-state index in [0.717, 1.165) is 0 Å². The number of halogens is 3. The fourth-order valence-electron chi connectivity index (χ4n) is 1.93. The predicted octanol–water partition coefficient (Wildman–Crippen LogP) is 5.26. The molecule has 0 aliphatic heterocycles. The van der Waals surface area contributed by atoms with Crippen LogP contribution in [0.15, 0.2) is 30.3 Å². The van der Waals surface area contributed by atoms with Gasteiger partial charge >= 0.3 is 0 Å². The van der Waals surface area contributed by atoms with E-state index >= 15 is 0 Å². The molecule has 2 N–H and O–H groups in total. The first kappa shape index (κ1) is 18.1. The lowest BCUT2D eigenvalue weighted by Crippen LogP contribution is -2.10. The summed E-state index contributed by atoms with van der Waals surface area (Å²) in [5, 5.41) is 1.39. The second kappa shape index (κ2) is 8.06. The van der Waals surface area contributed by atoms with E-state index in [1.54, 1.807) is 30.3 Å². The van der Waals surface area contributed by atoms with Gasteiger partial charge in [-0.3, -0.25) is 0 Å². The van der Waals surface area contributed by atoms with Crippen molar-refractivity contribution in [1.29, 1.82) is 0 Å². The van der Waals surface area contributed by atoms with E-state index in [0.29, 0.717) is 44.3 Å². The van der Waals surface area contributed by atoms with Gasteiger partial charge in [0.1, 0.15) is 11.6 Å². The molecule has 0 atom stereocenters. The highest BCUT2D eigenvalue weighted by atomic mass is 35.5. The number of nitrogens with two attached hydrogens (primary N) is 1. The van der Waals surface area contributed by atoms with Crippen LogP contribution in [-0.2, 0) is 6.61 Å². The molecule has 122 valence electrons. The third kappa shape index (κ3) is 4.42. The summed E-state index contributed by atoms with van der Waals surface area (Å²) in [5.41, 5.74) is 6.93. The van der Waals surface area contributed by atoms with Gasteiger partial charge in [0, 0.05) is 21.2 Å². The van der Waals surface area contributed by atoms with Gasteiger partial charge in [0.15, 0.2) is 11.5 Å². The minimum Gasteiger partial charge on any atom is -0.490 e. The molecule has 0 radical (unpaired) electrons. The Morgan fingerprint density at radius 3 is 2.30 bits per heavy atom.